The van der Waals surface area contributed by atoms with Gasteiger partial charge in [0.15, 0.2) is 0 Å². The van der Waals surface area contributed by atoms with E-state index in [4.69, 9.17) is 11.6 Å². The van der Waals surface area contributed by atoms with Crippen LogP contribution < -0.4 is 4.90 Å². The maximum atomic E-state index is 6.13. The lowest BCUT2D eigenvalue weighted by Gasteiger charge is -2.35. The number of aryl methyl sites for hydroxylation is 1. The number of anilines is 1. The van der Waals surface area contributed by atoms with Crippen molar-refractivity contribution < 1.29 is 0 Å². The molecule has 0 bridgehead atoms. The average Bonchev–Trinajstić information content (AvgIpc) is 3.26. The van der Waals surface area contributed by atoms with Gasteiger partial charge >= 0.3 is 0 Å². The number of hydrogen-bond acceptors (Lipinski definition) is 5. The van der Waals surface area contributed by atoms with Crippen molar-refractivity contribution in [3.63, 3.8) is 0 Å². The van der Waals surface area contributed by atoms with Gasteiger partial charge < -0.3 is 4.90 Å². The largest absolute Gasteiger partial charge is 0.353 e. The minimum absolute atomic E-state index is 0.367. The Kier molecular flexibility index (Phi) is 3.52. The molecule has 0 unspecified atom stereocenters. The van der Waals surface area contributed by atoms with Gasteiger partial charge in [0, 0.05) is 37.1 Å². The van der Waals surface area contributed by atoms with Gasteiger partial charge in [-0.1, -0.05) is 6.92 Å². The van der Waals surface area contributed by atoms with Crippen LogP contribution in [0.1, 0.15) is 24.6 Å². The number of aromatic nitrogens is 2. The predicted octanol–water partition coefficient (Wildman–Crippen LogP) is 3.19. The second-order valence-electron chi connectivity index (χ2n) is 5.86. The summed E-state index contributed by atoms with van der Waals surface area (Å²) >= 11 is 7.86. The van der Waals surface area contributed by atoms with E-state index in [-0.39, 0.29) is 0 Å². The molecule has 0 amide bonds. The van der Waals surface area contributed by atoms with E-state index < -0.39 is 0 Å². The van der Waals surface area contributed by atoms with Crippen molar-refractivity contribution in [2.75, 3.05) is 31.1 Å². The number of thiophene rings is 1. The molecule has 4 nitrogen and oxygen atoms in total. The first kappa shape index (κ1) is 13.7. The molecule has 2 aromatic heterocycles. The van der Waals surface area contributed by atoms with E-state index in [9.17, 15) is 0 Å². The van der Waals surface area contributed by atoms with Crippen LogP contribution in [0.15, 0.2) is 6.07 Å². The van der Waals surface area contributed by atoms with Crippen molar-refractivity contribution in [1.29, 1.82) is 0 Å². The maximum absolute atomic E-state index is 6.13. The van der Waals surface area contributed by atoms with Crippen LogP contribution in [-0.4, -0.2) is 47.1 Å². The molecule has 0 atom stereocenters. The highest BCUT2D eigenvalue weighted by molar-refractivity contribution is 7.18. The highest BCUT2D eigenvalue weighted by Gasteiger charge is 2.32. The quantitative estimate of drug-likeness (QED) is 0.812. The Morgan fingerprint density at radius 1 is 1.24 bits per heavy atom. The molecule has 0 radical (unpaired) electrons. The van der Waals surface area contributed by atoms with Crippen molar-refractivity contribution >= 4 is 39.0 Å². The summed E-state index contributed by atoms with van der Waals surface area (Å²) in [5, 5.41) is 1.53. The van der Waals surface area contributed by atoms with Crippen LogP contribution in [0.3, 0.4) is 0 Å². The molecule has 0 N–H and O–H groups in total. The Labute approximate surface area is 133 Å². The van der Waals surface area contributed by atoms with Crippen LogP contribution in [0.2, 0.25) is 5.28 Å². The van der Waals surface area contributed by atoms with Gasteiger partial charge in [0.25, 0.3) is 0 Å². The van der Waals surface area contributed by atoms with Gasteiger partial charge in [-0.05, 0) is 36.9 Å². The molecule has 3 heterocycles. The number of piperazine rings is 1. The van der Waals surface area contributed by atoms with Crippen LogP contribution in [0.5, 0.6) is 0 Å². The fourth-order valence-corrected chi connectivity index (χ4v) is 4.26. The summed E-state index contributed by atoms with van der Waals surface area (Å²) in [7, 11) is 0. The standard InChI is InChI=1S/C15H19ClN4S/c1-2-11-9-12-13(17-15(16)18-14(12)21-11)20-7-5-19(6-8-20)10-3-4-10/h9-10H,2-8H2,1H3. The van der Waals surface area contributed by atoms with Crippen molar-refractivity contribution in [1.82, 2.24) is 14.9 Å². The summed E-state index contributed by atoms with van der Waals surface area (Å²) in [6.45, 7) is 6.53. The van der Waals surface area contributed by atoms with Crippen molar-refractivity contribution in [2.45, 2.75) is 32.2 Å². The van der Waals surface area contributed by atoms with Crippen molar-refractivity contribution in [2.24, 2.45) is 0 Å². The molecule has 1 saturated carbocycles. The molecule has 2 aromatic rings. The van der Waals surface area contributed by atoms with E-state index in [1.54, 1.807) is 11.3 Å². The minimum Gasteiger partial charge on any atom is -0.353 e. The van der Waals surface area contributed by atoms with Gasteiger partial charge in [0.2, 0.25) is 5.28 Å². The van der Waals surface area contributed by atoms with Crippen LogP contribution >= 0.6 is 22.9 Å². The number of nitrogens with zero attached hydrogens (tertiary/aromatic N) is 4. The van der Waals surface area contributed by atoms with E-state index >= 15 is 0 Å². The zero-order valence-electron chi connectivity index (χ0n) is 12.2. The van der Waals surface area contributed by atoms with E-state index in [2.05, 4.69) is 32.8 Å². The van der Waals surface area contributed by atoms with Crippen LogP contribution in [0.25, 0.3) is 10.2 Å². The Morgan fingerprint density at radius 2 is 2.00 bits per heavy atom. The van der Waals surface area contributed by atoms with Crippen molar-refractivity contribution in [3.05, 3.63) is 16.2 Å². The molecular formula is C15H19ClN4S. The van der Waals surface area contributed by atoms with Gasteiger partial charge in [-0.15, -0.1) is 11.3 Å². The zero-order chi connectivity index (χ0) is 14.4. The smallest absolute Gasteiger partial charge is 0.225 e. The molecule has 2 fully saturated rings. The molecular weight excluding hydrogens is 304 g/mol. The van der Waals surface area contributed by atoms with Crippen LogP contribution in [-0.2, 0) is 6.42 Å². The summed E-state index contributed by atoms with van der Waals surface area (Å²) in [5.41, 5.74) is 0. The zero-order valence-corrected chi connectivity index (χ0v) is 13.8. The second-order valence-corrected chi connectivity index (χ2v) is 7.31. The van der Waals surface area contributed by atoms with E-state index in [0.29, 0.717) is 5.28 Å². The number of hydrogen-bond donors (Lipinski definition) is 0. The number of fused-ring (bicyclic) bond motifs is 1. The first-order valence-electron chi connectivity index (χ1n) is 7.69. The summed E-state index contributed by atoms with van der Waals surface area (Å²) in [6.07, 6.45) is 3.80. The lowest BCUT2D eigenvalue weighted by molar-refractivity contribution is 0.248. The average molecular weight is 323 g/mol. The maximum Gasteiger partial charge on any atom is 0.225 e. The fourth-order valence-electron chi connectivity index (χ4n) is 3.08. The predicted molar refractivity (Wildman–Crippen MR) is 88.6 cm³/mol. The summed E-state index contributed by atoms with van der Waals surface area (Å²) < 4.78 is 0. The Morgan fingerprint density at radius 3 is 2.67 bits per heavy atom. The van der Waals surface area contributed by atoms with E-state index in [1.165, 1.54) is 23.1 Å². The number of rotatable bonds is 3. The molecule has 0 aromatic carbocycles. The highest BCUT2D eigenvalue weighted by Crippen LogP contribution is 2.34. The van der Waals surface area contributed by atoms with Crippen LogP contribution in [0, 0.1) is 0 Å². The third-order valence-corrected chi connectivity index (χ3v) is 5.76. The molecule has 0 spiro atoms. The first-order chi connectivity index (χ1) is 10.2. The van der Waals surface area contributed by atoms with Gasteiger partial charge in [0.1, 0.15) is 10.6 Å². The van der Waals surface area contributed by atoms with Gasteiger partial charge in [-0.2, -0.15) is 4.98 Å². The Balaban J connectivity index is 1.64. The van der Waals surface area contributed by atoms with Crippen LogP contribution in [0.4, 0.5) is 5.82 Å². The molecule has 1 saturated heterocycles. The summed E-state index contributed by atoms with van der Waals surface area (Å²) in [6, 6.07) is 3.09. The molecule has 21 heavy (non-hydrogen) atoms. The molecule has 112 valence electrons. The second kappa shape index (κ2) is 5.38. The lowest BCUT2D eigenvalue weighted by atomic mass is 10.2. The molecule has 4 rings (SSSR count). The van der Waals surface area contributed by atoms with Gasteiger partial charge in [-0.3, -0.25) is 4.90 Å². The minimum atomic E-state index is 0.367. The van der Waals surface area contributed by atoms with Gasteiger partial charge in [0.05, 0.1) is 5.39 Å². The molecule has 6 heteroatoms. The Hall–Kier alpha value is -0.910. The lowest BCUT2D eigenvalue weighted by Crippen LogP contribution is -2.47. The summed E-state index contributed by atoms with van der Waals surface area (Å²) in [4.78, 5) is 16.3. The molecule has 1 aliphatic carbocycles. The fraction of sp³-hybridized carbons (Fsp3) is 0.600. The van der Waals surface area contributed by atoms with E-state index in [0.717, 1.165) is 49.3 Å². The molecule has 2 aliphatic rings. The third kappa shape index (κ3) is 2.62. The van der Waals surface area contributed by atoms with E-state index in [1.807, 2.05) is 0 Å². The third-order valence-electron chi connectivity index (χ3n) is 4.42. The first-order valence-corrected chi connectivity index (χ1v) is 8.89. The summed E-state index contributed by atoms with van der Waals surface area (Å²) in [5.74, 6) is 1.02. The van der Waals surface area contributed by atoms with Crippen molar-refractivity contribution in [3.8, 4) is 0 Å². The van der Waals surface area contributed by atoms with Gasteiger partial charge in [-0.25, -0.2) is 4.98 Å². The number of halogens is 1. The monoisotopic (exact) mass is 322 g/mol. The highest BCUT2D eigenvalue weighted by atomic mass is 35.5. The topological polar surface area (TPSA) is 32.3 Å². The SMILES string of the molecule is CCc1cc2c(N3CCN(C4CC4)CC3)nc(Cl)nc2s1. The molecule has 1 aliphatic heterocycles. The Bertz CT molecular complexity index is 659. The normalized spacial score (nSPS) is 20.4.